The van der Waals surface area contributed by atoms with Crippen molar-refractivity contribution < 1.29 is 4.79 Å². The molecule has 1 N–H and O–H groups in total. The van der Waals surface area contributed by atoms with E-state index < -0.39 is 0 Å². The lowest BCUT2D eigenvalue weighted by atomic mass is 9.87. The monoisotopic (exact) mass is 490 g/mol. The second-order valence-corrected chi connectivity index (χ2v) is 11.6. The van der Waals surface area contributed by atoms with Gasteiger partial charge < -0.3 is 0 Å². The summed E-state index contributed by atoms with van der Waals surface area (Å²) in [7, 11) is 0. The van der Waals surface area contributed by atoms with Crippen molar-refractivity contribution in [3.63, 3.8) is 0 Å². The number of carbonyl (C=O) groups is 1. The normalized spacial score (nSPS) is 11.7. The third-order valence-electron chi connectivity index (χ3n) is 4.17. The molecule has 0 fully saturated rings. The fourth-order valence-corrected chi connectivity index (χ4v) is 5.34. The predicted molar refractivity (Wildman–Crippen MR) is 133 cm³/mol. The summed E-state index contributed by atoms with van der Waals surface area (Å²) in [6, 6.07) is 15.9. The van der Waals surface area contributed by atoms with Crippen LogP contribution < -0.4 is 5.43 Å². The number of carbonyl (C=O) groups excluding carboxylic acids is 1. The Morgan fingerprint density at radius 3 is 2.35 bits per heavy atom. The Balaban J connectivity index is 1.40. The summed E-state index contributed by atoms with van der Waals surface area (Å²) in [5.41, 5.74) is 6.03. The van der Waals surface area contributed by atoms with E-state index in [2.05, 4.69) is 53.6 Å². The third-order valence-corrected chi connectivity index (χ3v) is 7.68. The lowest BCUT2D eigenvalue weighted by Gasteiger charge is -2.18. The van der Waals surface area contributed by atoms with Crippen molar-refractivity contribution in [3.05, 3.63) is 70.2 Å². The van der Waals surface area contributed by atoms with Gasteiger partial charge >= 0.3 is 0 Å². The molecule has 3 rings (SSSR count). The van der Waals surface area contributed by atoms with Gasteiger partial charge in [-0.1, -0.05) is 104 Å². The van der Waals surface area contributed by atoms with Gasteiger partial charge in [0.05, 0.1) is 12.0 Å². The highest BCUT2D eigenvalue weighted by molar-refractivity contribution is 8.03. The van der Waals surface area contributed by atoms with Gasteiger partial charge in [-0.3, -0.25) is 4.79 Å². The number of hydrogen-bond donors (Lipinski definition) is 1. The van der Waals surface area contributed by atoms with Crippen molar-refractivity contribution in [3.8, 4) is 0 Å². The molecule has 0 saturated carbocycles. The van der Waals surface area contributed by atoms with E-state index in [1.165, 1.54) is 34.2 Å². The van der Waals surface area contributed by atoms with Crippen LogP contribution in [0.15, 0.2) is 62.3 Å². The van der Waals surface area contributed by atoms with Crippen LogP contribution >= 0.6 is 46.5 Å². The zero-order valence-corrected chi connectivity index (χ0v) is 20.7. The van der Waals surface area contributed by atoms with Crippen LogP contribution in [-0.4, -0.2) is 28.1 Å². The Morgan fingerprint density at radius 1 is 1.06 bits per heavy atom. The van der Waals surface area contributed by atoms with E-state index >= 15 is 0 Å². The van der Waals surface area contributed by atoms with Crippen molar-refractivity contribution in [1.29, 1.82) is 0 Å². The summed E-state index contributed by atoms with van der Waals surface area (Å²) in [4.78, 5) is 12.0. The van der Waals surface area contributed by atoms with E-state index in [9.17, 15) is 4.79 Å². The lowest BCUT2D eigenvalue weighted by molar-refractivity contribution is -0.118. The summed E-state index contributed by atoms with van der Waals surface area (Å²) in [6.07, 6.45) is 1.64. The van der Waals surface area contributed by atoms with Gasteiger partial charge in [-0.2, -0.15) is 5.10 Å². The average Bonchev–Trinajstić information content (AvgIpc) is 3.19. The first-order valence-corrected chi connectivity index (χ1v) is 12.7. The topological polar surface area (TPSA) is 67.2 Å². The third kappa shape index (κ3) is 7.96. The molecule has 1 amide bonds. The molecule has 0 bridgehead atoms. The highest BCUT2D eigenvalue weighted by Gasteiger charge is 2.12. The number of rotatable bonds is 8. The molecule has 2 aromatic carbocycles. The number of amides is 1. The molecular weight excluding hydrogens is 468 g/mol. The number of thioether (sulfide) groups is 2. The van der Waals surface area contributed by atoms with Gasteiger partial charge in [0.1, 0.15) is 0 Å². The van der Waals surface area contributed by atoms with Crippen molar-refractivity contribution in [2.24, 2.45) is 5.10 Å². The molecule has 0 aliphatic heterocycles. The summed E-state index contributed by atoms with van der Waals surface area (Å²) < 4.78 is 1.63. The molecular formula is C22H23ClN4OS3. The number of benzene rings is 2. The number of aromatic nitrogens is 2. The van der Waals surface area contributed by atoms with Crippen molar-refractivity contribution in [1.82, 2.24) is 15.6 Å². The van der Waals surface area contributed by atoms with Gasteiger partial charge in [0.15, 0.2) is 8.68 Å². The minimum absolute atomic E-state index is 0.111. The van der Waals surface area contributed by atoms with Crippen LogP contribution in [0.5, 0.6) is 0 Å². The molecule has 0 atom stereocenters. The van der Waals surface area contributed by atoms with Crippen molar-refractivity contribution >= 4 is 58.6 Å². The second kappa shape index (κ2) is 11.1. The smallest absolute Gasteiger partial charge is 0.250 e. The highest BCUT2D eigenvalue weighted by Crippen LogP contribution is 2.30. The van der Waals surface area contributed by atoms with E-state index in [4.69, 9.17) is 11.6 Å². The molecule has 0 spiro atoms. The Bertz CT molecular complexity index is 1030. The largest absolute Gasteiger partial charge is 0.272 e. The van der Waals surface area contributed by atoms with E-state index in [1.807, 2.05) is 36.4 Å². The van der Waals surface area contributed by atoms with Crippen LogP contribution in [0.25, 0.3) is 0 Å². The van der Waals surface area contributed by atoms with E-state index in [-0.39, 0.29) is 17.1 Å². The maximum atomic E-state index is 12.0. The minimum Gasteiger partial charge on any atom is -0.272 e. The summed E-state index contributed by atoms with van der Waals surface area (Å²) >= 11 is 10.3. The fourth-order valence-electron chi connectivity index (χ4n) is 2.45. The zero-order valence-electron chi connectivity index (χ0n) is 17.5. The van der Waals surface area contributed by atoms with Crippen LogP contribution in [0.4, 0.5) is 0 Å². The van der Waals surface area contributed by atoms with Crippen LogP contribution in [0.2, 0.25) is 5.02 Å². The first-order chi connectivity index (χ1) is 14.8. The second-order valence-electron chi connectivity index (χ2n) is 7.70. The van der Waals surface area contributed by atoms with Crippen LogP contribution in [0.1, 0.15) is 37.5 Å². The number of nitrogens with one attached hydrogen (secondary N) is 1. The standard InChI is InChI=1S/C22H23ClN4OS3/c1-22(2,3)17-8-4-15(5-9-17)12-24-25-19(28)14-30-21-27-26-20(31-21)29-13-16-6-10-18(23)11-7-16/h4-12H,13-14H2,1-3H3,(H,25,28)/b24-12-. The molecule has 1 aromatic heterocycles. The molecule has 5 nitrogen and oxygen atoms in total. The summed E-state index contributed by atoms with van der Waals surface area (Å²) in [5, 5.41) is 13.1. The Kier molecular flexibility index (Phi) is 8.54. The molecule has 0 aliphatic rings. The van der Waals surface area contributed by atoms with E-state index in [0.717, 1.165) is 25.0 Å². The summed E-state index contributed by atoms with van der Waals surface area (Å²) in [6.45, 7) is 6.52. The van der Waals surface area contributed by atoms with Crippen molar-refractivity contribution in [2.75, 3.05) is 5.75 Å². The molecule has 0 aliphatic carbocycles. The van der Waals surface area contributed by atoms with Crippen molar-refractivity contribution in [2.45, 2.75) is 40.6 Å². The predicted octanol–water partition coefficient (Wildman–Crippen LogP) is 6.02. The SMILES string of the molecule is CC(C)(C)c1ccc(/C=N\NC(=O)CSc2nnc(SCc3ccc(Cl)cc3)s2)cc1. The molecule has 3 aromatic rings. The number of nitrogens with zero attached hydrogens (tertiary/aromatic N) is 3. The maximum absolute atomic E-state index is 12.0. The van der Waals surface area contributed by atoms with Gasteiger partial charge in [0.25, 0.3) is 5.91 Å². The Hall–Kier alpha value is -1.87. The first-order valence-electron chi connectivity index (χ1n) is 9.55. The summed E-state index contributed by atoms with van der Waals surface area (Å²) in [5.74, 6) is 0.845. The average molecular weight is 491 g/mol. The molecule has 162 valence electrons. The molecule has 31 heavy (non-hydrogen) atoms. The Morgan fingerprint density at radius 2 is 1.71 bits per heavy atom. The number of hydrazone groups is 1. The van der Waals surface area contributed by atoms with Gasteiger partial charge in [-0.25, -0.2) is 5.43 Å². The molecule has 0 radical (unpaired) electrons. The van der Waals surface area contributed by atoms with Gasteiger partial charge in [0.2, 0.25) is 0 Å². The maximum Gasteiger partial charge on any atom is 0.250 e. The lowest BCUT2D eigenvalue weighted by Crippen LogP contribution is -2.19. The number of halogens is 1. The van der Waals surface area contributed by atoms with E-state index in [1.54, 1.807) is 18.0 Å². The van der Waals surface area contributed by atoms with Gasteiger partial charge in [-0.15, -0.1) is 10.2 Å². The van der Waals surface area contributed by atoms with Gasteiger partial charge in [-0.05, 0) is 34.2 Å². The fraction of sp³-hybridized carbons (Fsp3) is 0.273. The van der Waals surface area contributed by atoms with Crippen LogP contribution in [0, 0.1) is 0 Å². The molecule has 9 heteroatoms. The molecule has 0 unspecified atom stereocenters. The number of hydrogen-bond acceptors (Lipinski definition) is 7. The van der Waals surface area contributed by atoms with Crippen LogP contribution in [0.3, 0.4) is 0 Å². The molecule has 0 saturated heterocycles. The zero-order chi connectivity index (χ0) is 22.3. The highest BCUT2D eigenvalue weighted by atomic mass is 35.5. The Labute approximate surface area is 200 Å². The first kappa shape index (κ1) is 23.8. The van der Waals surface area contributed by atoms with Crippen LogP contribution in [-0.2, 0) is 16.0 Å². The minimum atomic E-state index is -0.182. The van der Waals surface area contributed by atoms with Gasteiger partial charge in [0, 0.05) is 10.8 Å². The molecule has 1 heterocycles. The van der Waals surface area contributed by atoms with E-state index in [0.29, 0.717) is 0 Å². The quantitative estimate of drug-likeness (QED) is 0.237.